The normalized spacial score (nSPS) is 13.5. The summed E-state index contributed by atoms with van der Waals surface area (Å²) in [7, 11) is 0. The minimum atomic E-state index is -0.443. The van der Waals surface area contributed by atoms with Gasteiger partial charge in [0.2, 0.25) is 0 Å². The fourth-order valence-corrected chi connectivity index (χ4v) is 2.81. The van der Waals surface area contributed by atoms with Crippen LogP contribution in [-0.2, 0) is 0 Å². The molecule has 0 aliphatic carbocycles. The molecule has 0 aliphatic rings. The molecule has 0 spiro atoms. The van der Waals surface area contributed by atoms with Crippen molar-refractivity contribution in [1.82, 2.24) is 10.6 Å². The monoisotopic (exact) mass is 355 g/mol. The van der Waals surface area contributed by atoms with E-state index in [1.807, 2.05) is 30.3 Å². The number of nitrogens with zero attached hydrogens (tertiary/aromatic N) is 1. The van der Waals surface area contributed by atoms with Gasteiger partial charge in [0.25, 0.3) is 5.69 Å². The average molecular weight is 355 g/mol. The number of amides is 2. The summed E-state index contributed by atoms with van der Waals surface area (Å²) >= 11 is 0. The van der Waals surface area contributed by atoms with Gasteiger partial charge >= 0.3 is 6.03 Å². The van der Waals surface area contributed by atoms with Crippen molar-refractivity contribution in [1.29, 1.82) is 0 Å². The zero-order valence-electron chi connectivity index (χ0n) is 15.5. The van der Waals surface area contributed by atoms with Crippen molar-refractivity contribution < 1.29 is 9.72 Å². The summed E-state index contributed by atoms with van der Waals surface area (Å²) in [5.74, 6) is 0. The van der Waals surface area contributed by atoms with Gasteiger partial charge in [-0.3, -0.25) is 10.1 Å². The lowest BCUT2D eigenvalue weighted by atomic mass is 9.82. The van der Waals surface area contributed by atoms with Gasteiger partial charge in [-0.05, 0) is 23.5 Å². The molecular formula is C20H25N3O3. The summed E-state index contributed by atoms with van der Waals surface area (Å²) < 4.78 is 0. The van der Waals surface area contributed by atoms with Crippen molar-refractivity contribution in [3.8, 4) is 0 Å². The van der Waals surface area contributed by atoms with E-state index in [0.29, 0.717) is 5.56 Å². The quantitative estimate of drug-likeness (QED) is 0.600. The van der Waals surface area contributed by atoms with Crippen LogP contribution in [0.25, 0.3) is 0 Å². The van der Waals surface area contributed by atoms with Crippen LogP contribution in [0.5, 0.6) is 0 Å². The highest BCUT2D eigenvalue weighted by Gasteiger charge is 2.28. The second kappa shape index (κ2) is 7.99. The fourth-order valence-electron chi connectivity index (χ4n) is 2.81. The van der Waals surface area contributed by atoms with Crippen molar-refractivity contribution in [3.05, 3.63) is 75.8 Å². The van der Waals surface area contributed by atoms with Crippen LogP contribution in [0, 0.1) is 15.5 Å². The number of rotatable bonds is 5. The zero-order chi connectivity index (χ0) is 19.3. The first-order valence-corrected chi connectivity index (χ1v) is 8.55. The number of benzene rings is 2. The van der Waals surface area contributed by atoms with Gasteiger partial charge in [0, 0.05) is 12.1 Å². The largest absolute Gasteiger partial charge is 0.332 e. The molecule has 2 unspecified atom stereocenters. The van der Waals surface area contributed by atoms with Gasteiger partial charge in [0.05, 0.1) is 17.0 Å². The lowest BCUT2D eigenvalue weighted by Crippen LogP contribution is -2.43. The maximum atomic E-state index is 12.5. The molecule has 0 aliphatic heterocycles. The van der Waals surface area contributed by atoms with Gasteiger partial charge in [-0.1, -0.05) is 63.2 Å². The number of nitrogens with one attached hydrogen (secondary N) is 2. The molecule has 6 nitrogen and oxygen atoms in total. The molecule has 2 amide bonds. The van der Waals surface area contributed by atoms with Crippen molar-refractivity contribution in [2.45, 2.75) is 39.8 Å². The smallest absolute Gasteiger partial charge is 0.315 e. The van der Waals surface area contributed by atoms with Crippen molar-refractivity contribution >= 4 is 11.7 Å². The maximum absolute atomic E-state index is 12.5. The number of hydrogen-bond donors (Lipinski definition) is 2. The number of nitro groups is 1. The third-order valence-electron chi connectivity index (χ3n) is 4.20. The molecule has 2 atom stereocenters. The van der Waals surface area contributed by atoms with Gasteiger partial charge < -0.3 is 10.6 Å². The molecular weight excluding hydrogens is 330 g/mol. The topological polar surface area (TPSA) is 84.3 Å². The first kappa shape index (κ1) is 19.4. The van der Waals surface area contributed by atoms with Crippen LogP contribution in [0.1, 0.15) is 50.9 Å². The van der Waals surface area contributed by atoms with Crippen LogP contribution in [0.4, 0.5) is 10.5 Å². The molecule has 138 valence electrons. The molecule has 0 heterocycles. The molecule has 0 fully saturated rings. The standard InChI is InChI=1S/C20H25N3O3/c1-14(16-11-8-12-17(13-16)23(25)26)21-19(24)22-18(20(2,3)4)15-9-6-5-7-10-15/h5-14,18H,1-4H3,(H2,21,22,24). The van der Waals surface area contributed by atoms with Gasteiger partial charge in [0.15, 0.2) is 0 Å². The molecule has 2 aromatic carbocycles. The van der Waals surface area contributed by atoms with E-state index in [-0.39, 0.29) is 29.2 Å². The number of non-ortho nitro benzene ring substituents is 1. The van der Waals surface area contributed by atoms with E-state index in [4.69, 9.17) is 0 Å². The Morgan fingerprint density at radius 1 is 1.00 bits per heavy atom. The number of nitro benzene ring substituents is 1. The molecule has 0 saturated carbocycles. The summed E-state index contributed by atoms with van der Waals surface area (Å²) in [6, 6.07) is 15.2. The third-order valence-corrected chi connectivity index (χ3v) is 4.20. The number of carbonyl (C=O) groups is 1. The molecule has 2 N–H and O–H groups in total. The summed E-state index contributed by atoms with van der Waals surface area (Å²) in [4.78, 5) is 23.0. The lowest BCUT2D eigenvalue weighted by molar-refractivity contribution is -0.384. The highest BCUT2D eigenvalue weighted by molar-refractivity contribution is 5.75. The van der Waals surface area contributed by atoms with Crippen LogP contribution in [0.15, 0.2) is 54.6 Å². The Hall–Kier alpha value is -2.89. The average Bonchev–Trinajstić information content (AvgIpc) is 2.59. The van der Waals surface area contributed by atoms with E-state index in [1.165, 1.54) is 12.1 Å². The summed E-state index contributed by atoms with van der Waals surface area (Å²) in [6.07, 6.45) is 0. The predicted octanol–water partition coefficient (Wildman–Crippen LogP) is 4.74. The number of carbonyl (C=O) groups excluding carboxylic acids is 1. The second-order valence-electron chi connectivity index (χ2n) is 7.40. The Balaban J connectivity index is 2.10. The molecule has 2 rings (SSSR count). The van der Waals surface area contributed by atoms with Crippen LogP contribution in [-0.4, -0.2) is 11.0 Å². The van der Waals surface area contributed by atoms with E-state index in [2.05, 4.69) is 31.4 Å². The molecule has 0 aromatic heterocycles. The Bertz CT molecular complexity index is 769. The molecule has 0 saturated heterocycles. The van der Waals surface area contributed by atoms with E-state index < -0.39 is 4.92 Å². The van der Waals surface area contributed by atoms with Crippen molar-refractivity contribution in [2.75, 3.05) is 0 Å². The van der Waals surface area contributed by atoms with Gasteiger partial charge in [-0.15, -0.1) is 0 Å². The first-order chi connectivity index (χ1) is 12.2. The Kier molecular flexibility index (Phi) is 5.97. The molecule has 0 bridgehead atoms. The molecule has 6 heteroatoms. The van der Waals surface area contributed by atoms with Crippen LogP contribution < -0.4 is 10.6 Å². The predicted molar refractivity (Wildman–Crippen MR) is 102 cm³/mol. The Morgan fingerprint density at radius 3 is 2.19 bits per heavy atom. The number of hydrogen-bond acceptors (Lipinski definition) is 3. The lowest BCUT2D eigenvalue weighted by Gasteiger charge is -2.32. The van der Waals surface area contributed by atoms with Crippen LogP contribution in [0.3, 0.4) is 0 Å². The highest BCUT2D eigenvalue weighted by Crippen LogP contribution is 2.32. The SMILES string of the molecule is CC(NC(=O)NC(c1ccccc1)C(C)(C)C)c1cccc([N+](=O)[O-])c1. The molecule has 0 radical (unpaired) electrons. The van der Waals surface area contributed by atoms with Crippen LogP contribution >= 0.6 is 0 Å². The molecule has 26 heavy (non-hydrogen) atoms. The fraction of sp³-hybridized carbons (Fsp3) is 0.350. The third kappa shape index (κ3) is 5.05. The van der Waals surface area contributed by atoms with E-state index in [0.717, 1.165) is 5.56 Å². The van der Waals surface area contributed by atoms with Crippen molar-refractivity contribution in [2.24, 2.45) is 5.41 Å². The summed E-state index contributed by atoms with van der Waals surface area (Å²) in [5.41, 5.74) is 1.54. The van der Waals surface area contributed by atoms with Gasteiger partial charge in [-0.2, -0.15) is 0 Å². The van der Waals surface area contributed by atoms with Gasteiger partial charge in [0.1, 0.15) is 0 Å². The van der Waals surface area contributed by atoms with Crippen molar-refractivity contribution in [3.63, 3.8) is 0 Å². The number of urea groups is 1. The minimum Gasteiger partial charge on any atom is -0.332 e. The van der Waals surface area contributed by atoms with Gasteiger partial charge in [-0.25, -0.2) is 4.79 Å². The molecule has 2 aromatic rings. The first-order valence-electron chi connectivity index (χ1n) is 8.55. The van der Waals surface area contributed by atoms with E-state index in [1.54, 1.807) is 19.1 Å². The Labute approximate surface area is 153 Å². The minimum absolute atomic E-state index is 0.00779. The maximum Gasteiger partial charge on any atom is 0.315 e. The summed E-state index contributed by atoms with van der Waals surface area (Å²) in [6.45, 7) is 7.99. The summed E-state index contributed by atoms with van der Waals surface area (Å²) in [5, 5.41) is 16.8. The zero-order valence-corrected chi connectivity index (χ0v) is 15.5. The van der Waals surface area contributed by atoms with Crippen LogP contribution in [0.2, 0.25) is 0 Å². The highest BCUT2D eigenvalue weighted by atomic mass is 16.6. The second-order valence-corrected chi connectivity index (χ2v) is 7.40. The Morgan fingerprint density at radius 2 is 1.62 bits per heavy atom. The van der Waals surface area contributed by atoms with E-state index >= 15 is 0 Å². The van der Waals surface area contributed by atoms with E-state index in [9.17, 15) is 14.9 Å².